The minimum absolute atomic E-state index is 0.000303. The number of alkyl halides is 3. The second-order valence-corrected chi connectivity index (χ2v) is 6.17. The molecule has 0 atom stereocenters. The van der Waals surface area contributed by atoms with Crippen LogP contribution in [0.5, 0.6) is 0 Å². The van der Waals surface area contributed by atoms with Crippen LogP contribution in [0.1, 0.15) is 11.1 Å². The molecule has 0 aliphatic carbocycles. The molecule has 0 unspecified atom stereocenters. The van der Waals surface area contributed by atoms with E-state index in [9.17, 15) is 27.2 Å². The highest BCUT2D eigenvalue weighted by Crippen LogP contribution is 2.32. The quantitative estimate of drug-likeness (QED) is 0.742. The van der Waals surface area contributed by atoms with Crippen LogP contribution in [0.15, 0.2) is 18.2 Å². The molecule has 1 aliphatic heterocycles. The number of rotatable bonds is 6. The number of carbonyl (C=O) groups is 2. The lowest BCUT2D eigenvalue weighted by molar-refractivity contribution is -0.139. The Balaban J connectivity index is 1.83. The smallest absolute Gasteiger partial charge is 0.375 e. The monoisotopic (exact) mass is 391 g/mol. The van der Waals surface area contributed by atoms with Gasteiger partial charge in [0.05, 0.1) is 12.1 Å². The second-order valence-electron chi connectivity index (χ2n) is 6.17. The van der Waals surface area contributed by atoms with E-state index in [0.717, 1.165) is 12.1 Å². The van der Waals surface area contributed by atoms with Gasteiger partial charge in [0.2, 0.25) is 11.8 Å². The highest BCUT2D eigenvalue weighted by atomic mass is 19.4. The van der Waals surface area contributed by atoms with Gasteiger partial charge in [-0.3, -0.25) is 14.5 Å². The van der Waals surface area contributed by atoms with Crippen molar-refractivity contribution in [2.75, 3.05) is 46.4 Å². The Morgan fingerprint density at radius 1 is 1.19 bits per heavy atom. The molecule has 1 N–H and O–H groups in total. The largest absolute Gasteiger partial charge is 0.416 e. The summed E-state index contributed by atoms with van der Waals surface area (Å²) >= 11 is 0. The number of nitrogens with zero attached hydrogens (tertiary/aromatic N) is 2. The van der Waals surface area contributed by atoms with Crippen molar-refractivity contribution in [2.24, 2.45) is 0 Å². The Morgan fingerprint density at radius 2 is 1.85 bits per heavy atom. The van der Waals surface area contributed by atoms with Gasteiger partial charge in [-0.25, -0.2) is 4.39 Å². The molecule has 1 aromatic carbocycles. The second kappa shape index (κ2) is 9.14. The number of carbonyl (C=O) groups excluding carboxylic acids is 2. The molecule has 0 bridgehead atoms. The number of benzene rings is 1. The van der Waals surface area contributed by atoms with Gasteiger partial charge in [-0.15, -0.1) is 0 Å². The minimum Gasteiger partial charge on any atom is -0.375 e. The number of hydrogen-bond acceptors (Lipinski definition) is 4. The Morgan fingerprint density at radius 3 is 2.44 bits per heavy atom. The van der Waals surface area contributed by atoms with Crippen LogP contribution in [0.4, 0.5) is 17.6 Å². The van der Waals surface area contributed by atoms with Crippen molar-refractivity contribution in [1.82, 2.24) is 15.1 Å². The summed E-state index contributed by atoms with van der Waals surface area (Å²) in [6.07, 6.45) is -4.70. The van der Waals surface area contributed by atoms with E-state index in [0.29, 0.717) is 32.2 Å². The lowest BCUT2D eigenvalue weighted by atomic mass is 10.1. The lowest BCUT2D eigenvalue weighted by Gasteiger charge is -2.34. The maximum atomic E-state index is 13.1. The maximum absolute atomic E-state index is 13.1. The summed E-state index contributed by atoms with van der Waals surface area (Å²) in [6, 6.07) is 2.35. The summed E-state index contributed by atoms with van der Waals surface area (Å²) in [7, 11) is 1.43. The van der Waals surface area contributed by atoms with Gasteiger partial charge in [-0.05, 0) is 17.7 Å². The molecule has 10 heteroatoms. The fraction of sp³-hybridized carbons (Fsp3) is 0.529. The molecule has 0 radical (unpaired) electrons. The van der Waals surface area contributed by atoms with E-state index in [1.807, 2.05) is 0 Å². The molecule has 27 heavy (non-hydrogen) atoms. The van der Waals surface area contributed by atoms with Crippen LogP contribution in [0.2, 0.25) is 0 Å². The first-order valence-corrected chi connectivity index (χ1v) is 8.32. The third-order valence-electron chi connectivity index (χ3n) is 4.21. The van der Waals surface area contributed by atoms with Gasteiger partial charge < -0.3 is 15.0 Å². The summed E-state index contributed by atoms with van der Waals surface area (Å²) in [6.45, 7) is 1.52. The average Bonchev–Trinajstić information content (AvgIpc) is 2.60. The van der Waals surface area contributed by atoms with Crippen LogP contribution in [0, 0.1) is 5.82 Å². The predicted molar refractivity (Wildman–Crippen MR) is 88.1 cm³/mol. The van der Waals surface area contributed by atoms with Gasteiger partial charge in [0.15, 0.2) is 0 Å². The van der Waals surface area contributed by atoms with Crippen molar-refractivity contribution in [3.8, 4) is 0 Å². The Kier molecular flexibility index (Phi) is 7.14. The van der Waals surface area contributed by atoms with E-state index in [-0.39, 0.29) is 31.2 Å². The van der Waals surface area contributed by atoms with Crippen LogP contribution in [-0.4, -0.2) is 68.1 Å². The van der Waals surface area contributed by atoms with Crippen molar-refractivity contribution < 1.29 is 31.9 Å². The first-order chi connectivity index (χ1) is 12.7. The van der Waals surface area contributed by atoms with Crippen LogP contribution in [0.25, 0.3) is 0 Å². The fourth-order valence-electron chi connectivity index (χ4n) is 2.79. The fourth-order valence-corrected chi connectivity index (χ4v) is 2.79. The maximum Gasteiger partial charge on any atom is 0.416 e. The number of hydrogen-bond donors (Lipinski definition) is 1. The van der Waals surface area contributed by atoms with Gasteiger partial charge in [0, 0.05) is 39.8 Å². The molecule has 1 aliphatic rings. The summed E-state index contributed by atoms with van der Waals surface area (Å²) in [5.74, 6) is -1.56. The molecule has 0 saturated carbocycles. The van der Waals surface area contributed by atoms with Gasteiger partial charge in [-0.2, -0.15) is 13.2 Å². The number of methoxy groups -OCH3 is 1. The summed E-state index contributed by atoms with van der Waals surface area (Å²) < 4.78 is 56.7. The van der Waals surface area contributed by atoms with Crippen LogP contribution in [0.3, 0.4) is 0 Å². The van der Waals surface area contributed by atoms with Gasteiger partial charge in [0.1, 0.15) is 12.4 Å². The molecule has 1 aromatic rings. The Labute approximate surface area is 154 Å². The van der Waals surface area contributed by atoms with Gasteiger partial charge in [-0.1, -0.05) is 6.07 Å². The number of halogens is 4. The SMILES string of the molecule is COCC(=O)N1CCN(CC(=O)NCc2ccc(F)cc2C(F)(F)F)CC1. The van der Waals surface area contributed by atoms with E-state index < -0.39 is 23.5 Å². The zero-order valence-corrected chi connectivity index (χ0v) is 14.8. The Bertz CT molecular complexity index is 674. The highest BCUT2D eigenvalue weighted by Gasteiger charge is 2.33. The Hall–Kier alpha value is -2.20. The van der Waals surface area contributed by atoms with Crippen molar-refractivity contribution in [2.45, 2.75) is 12.7 Å². The van der Waals surface area contributed by atoms with Crippen LogP contribution >= 0.6 is 0 Å². The zero-order chi connectivity index (χ0) is 20.0. The van der Waals surface area contributed by atoms with Gasteiger partial charge >= 0.3 is 6.18 Å². The first kappa shape index (κ1) is 21.1. The molecule has 6 nitrogen and oxygen atoms in total. The molecule has 0 spiro atoms. The summed E-state index contributed by atoms with van der Waals surface area (Å²) in [5, 5.41) is 2.43. The summed E-state index contributed by atoms with van der Waals surface area (Å²) in [4.78, 5) is 27.2. The average molecular weight is 391 g/mol. The minimum atomic E-state index is -4.70. The van der Waals surface area contributed by atoms with Crippen molar-refractivity contribution in [1.29, 1.82) is 0 Å². The molecule has 0 aromatic heterocycles. The molecule has 1 heterocycles. The lowest BCUT2D eigenvalue weighted by Crippen LogP contribution is -2.51. The molecule has 150 valence electrons. The van der Waals surface area contributed by atoms with Crippen molar-refractivity contribution in [3.63, 3.8) is 0 Å². The number of piperazine rings is 1. The standard InChI is InChI=1S/C17H21F4N3O3/c1-27-11-16(26)24-6-4-23(5-7-24)10-15(25)22-9-12-2-3-13(18)8-14(12)17(19,20)21/h2-3,8H,4-7,9-11H2,1H3,(H,22,25). The number of nitrogens with one attached hydrogen (secondary N) is 1. The van der Waals surface area contributed by atoms with Crippen molar-refractivity contribution >= 4 is 11.8 Å². The topological polar surface area (TPSA) is 61.9 Å². The van der Waals surface area contributed by atoms with E-state index in [4.69, 9.17) is 4.74 Å². The van der Waals surface area contributed by atoms with Crippen LogP contribution < -0.4 is 5.32 Å². The molecular weight excluding hydrogens is 370 g/mol. The molecule has 2 rings (SSSR count). The number of ether oxygens (including phenoxy) is 1. The molecular formula is C17H21F4N3O3. The van der Waals surface area contributed by atoms with E-state index in [2.05, 4.69) is 5.32 Å². The van der Waals surface area contributed by atoms with E-state index in [1.54, 1.807) is 9.80 Å². The third kappa shape index (κ3) is 6.17. The summed E-state index contributed by atoms with van der Waals surface area (Å²) in [5.41, 5.74) is -1.31. The van der Waals surface area contributed by atoms with Crippen LogP contribution in [-0.2, 0) is 27.0 Å². The van der Waals surface area contributed by atoms with E-state index >= 15 is 0 Å². The zero-order valence-electron chi connectivity index (χ0n) is 14.8. The molecule has 1 saturated heterocycles. The molecule has 2 amide bonds. The third-order valence-corrected chi connectivity index (χ3v) is 4.21. The predicted octanol–water partition coefficient (Wildman–Crippen LogP) is 1.25. The van der Waals surface area contributed by atoms with Crippen molar-refractivity contribution in [3.05, 3.63) is 35.1 Å². The molecule has 1 fully saturated rings. The van der Waals surface area contributed by atoms with E-state index in [1.165, 1.54) is 7.11 Å². The first-order valence-electron chi connectivity index (χ1n) is 8.32. The number of amides is 2. The van der Waals surface area contributed by atoms with Gasteiger partial charge in [0.25, 0.3) is 0 Å². The normalized spacial score (nSPS) is 15.7. The highest BCUT2D eigenvalue weighted by molar-refractivity contribution is 5.78.